The topological polar surface area (TPSA) is 36.4 Å². The molecule has 0 fully saturated rings. The van der Waals surface area contributed by atoms with E-state index in [2.05, 4.69) is 70.4 Å². The SMILES string of the molecule is CN=C(NCCc1cccs1)NCCC(C)c1ccccc1. The fourth-order valence-corrected chi connectivity index (χ4v) is 3.04. The molecular weight excluding hydrogens is 290 g/mol. The Morgan fingerprint density at radius 1 is 1.09 bits per heavy atom. The van der Waals surface area contributed by atoms with Gasteiger partial charge in [-0.15, -0.1) is 11.3 Å². The first-order valence-corrected chi connectivity index (χ1v) is 8.69. The molecule has 1 heterocycles. The molecule has 1 aromatic carbocycles. The number of benzene rings is 1. The highest BCUT2D eigenvalue weighted by atomic mass is 32.1. The van der Waals surface area contributed by atoms with Crippen molar-refractivity contribution in [2.45, 2.75) is 25.7 Å². The molecule has 0 bridgehead atoms. The van der Waals surface area contributed by atoms with E-state index in [0.29, 0.717) is 5.92 Å². The van der Waals surface area contributed by atoms with Crippen molar-refractivity contribution in [1.29, 1.82) is 0 Å². The molecule has 0 aliphatic rings. The number of guanidine groups is 1. The lowest BCUT2D eigenvalue weighted by Crippen LogP contribution is -2.38. The van der Waals surface area contributed by atoms with Gasteiger partial charge in [-0.05, 0) is 35.8 Å². The minimum absolute atomic E-state index is 0.554. The summed E-state index contributed by atoms with van der Waals surface area (Å²) in [6.07, 6.45) is 2.13. The molecule has 1 unspecified atom stereocenters. The molecule has 2 N–H and O–H groups in total. The normalized spacial score (nSPS) is 12.9. The van der Waals surface area contributed by atoms with E-state index in [1.54, 1.807) is 11.3 Å². The van der Waals surface area contributed by atoms with Gasteiger partial charge in [-0.25, -0.2) is 0 Å². The van der Waals surface area contributed by atoms with Crippen LogP contribution < -0.4 is 10.6 Å². The van der Waals surface area contributed by atoms with Gasteiger partial charge in [0.15, 0.2) is 5.96 Å². The van der Waals surface area contributed by atoms with E-state index < -0.39 is 0 Å². The predicted octanol–water partition coefficient (Wildman–Crippen LogP) is 3.65. The molecule has 1 atom stereocenters. The van der Waals surface area contributed by atoms with E-state index in [1.807, 2.05) is 7.05 Å². The summed E-state index contributed by atoms with van der Waals surface area (Å²) < 4.78 is 0. The van der Waals surface area contributed by atoms with Crippen LogP contribution in [0.1, 0.15) is 29.7 Å². The zero-order valence-electron chi connectivity index (χ0n) is 13.4. The molecule has 0 saturated heterocycles. The number of rotatable bonds is 7. The summed E-state index contributed by atoms with van der Waals surface area (Å²) in [7, 11) is 1.82. The van der Waals surface area contributed by atoms with Gasteiger partial charge in [0, 0.05) is 25.0 Å². The molecule has 1 aromatic heterocycles. The summed E-state index contributed by atoms with van der Waals surface area (Å²) in [6.45, 7) is 4.10. The second-order valence-corrected chi connectivity index (χ2v) is 6.39. The lowest BCUT2D eigenvalue weighted by molar-refractivity contribution is 0.652. The highest BCUT2D eigenvalue weighted by Gasteiger charge is 2.05. The lowest BCUT2D eigenvalue weighted by Gasteiger charge is -2.15. The number of nitrogens with zero attached hydrogens (tertiary/aromatic N) is 1. The molecule has 118 valence electrons. The van der Waals surface area contributed by atoms with Crippen LogP contribution in [0.4, 0.5) is 0 Å². The summed E-state index contributed by atoms with van der Waals surface area (Å²) in [5.74, 6) is 1.44. The predicted molar refractivity (Wildman–Crippen MR) is 96.9 cm³/mol. The van der Waals surface area contributed by atoms with Crippen molar-refractivity contribution in [2.75, 3.05) is 20.1 Å². The molecule has 0 aliphatic carbocycles. The molecule has 0 aliphatic heterocycles. The van der Waals surface area contributed by atoms with Gasteiger partial charge in [0.1, 0.15) is 0 Å². The van der Waals surface area contributed by atoms with E-state index in [0.717, 1.165) is 31.9 Å². The van der Waals surface area contributed by atoms with Crippen molar-refractivity contribution in [3.63, 3.8) is 0 Å². The summed E-state index contributed by atoms with van der Waals surface area (Å²) in [5.41, 5.74) is 1.39. The first-order chi connectivity index (χ1) is 10.8. The molecule has 2 aromatic rings. The Balaban J connectivity index is 1.66. The number of hydrogen-bond acceptors (Lipinski definition) is 2. The average Bonchev–Trinajstić information content (AvgIpc) is 3.07. The number of aliphatic imine (C=N–C) groups is 1. The van der Waals surface area contributed by atoms with Gasteiger partial charge < -0.3 is 10.6 Å². The van der Waals surface area contributed by atoms with E-state index >= 15 is 0 Å². The fraction of sp³-hybridized carbons (Fsp3) is 0.389. The molecule has 0 amide bonds. The first-order valence-electron chi connectivity index (χ1n) is 7.81. The smallest absolute Gasteiger partial charge is 0.190 e. The number of thiophene rings is 1. The maximum atomic E-state index is 4.27. The van der Waals surface area contributed by atoms with Crippen LogP contribution in [0, 0.1) is 0 Å². The molecule has 0 spiro atoms. The highest BCUT2D eigenvalue weighted by molar-refractivity contribution is 7.09. The third-order valence-corrected chi connectivity index (χ3v) is 4.64. The van der Waals surface area contributed by atoms with Gasteiger partial charge in [-0.1, -0.05) is 43.3 Å². The Kier molecular flexibility index (Phi) is 6.97. The van der Waals surface area contributed by atoms with E-state index in [1.165, 1.54) is 10.4 Å². The molecular formula is C18H25N3S. The van der Waals surface area contributed by atoms with Crippen molar-refractivity contribution in [1.82, 2.24) is 10.6 Å². The minimum atomic E-state index is 0.554. The maximum absolute atomic E-state index is 4.27. The largest absolute Gasteiger partial charge is 0.356 e. The zero-order chi connectivity index (χ0) is 15.6. The Morgan fingerprint density at radius 3 is 2.55 bits per heavy atom. The van der Waals surface area contributed by atoms with Crippen molar-refractivity contribution in [2.24, 2.45) is 4.99 Å². The quantitative estimate of drug-likeness (QED) is 0.604. The van der Waals surface area contributed by atoms with E-state index in [-0.39, 0.29) is 0 Å². The molecule has 4 heteroatoms. The third kappa shape index (κ3) is 5.53. The van der Waals surface area contributed by atoms with Gasteiger partial charge >= 0.3 is 0 Å². The minimum Gasteiger partial charge on any atom is -0.356 e. The van der Waals surface area contributed by atoms with Gasteiger partial charge in [0.2, 0.25) is 0 Å². The summed E-state index contributed by atoms with van der Waals surface area (Å²) >= 11 is 1.80. The van der Waals surface area contributed by atoms with Crippen molar-refractivity contribution in [3.8, 4) is 0 Å². The fourth-order valence-electron chi connectivity index (χ4n) is 2.33. The molecule has 22 heavy (non-hydrogen) atoms. The van der Waals surface area contributed by atoms with Crippen LogP contribution in [-0.4, -0.2) is 26.1 Å². The molecule has 3 nitrogen and oxygen atoms in total. The Hall–Kier alpha value is -1.81. The van der Waals surface area contributed by atoms with Crippen LogP contribution in [0.5, 0.6) is 0 Å². The van der Waals surface area contributed by atoms with Crippen LogP contribution >= 0.6 is 11.3 Å². The maximum Gasteiger partial charge on any atom is 0.190 e. The van der Waals surface area contributed by atoms with Crippen molar-refractivity contribution >= 4 is 17.3 Å². The first kappa shape index (κ1) is 16.6. The molecule has 0 radical (unpaired) electrons. The summed E-state index contributed by atoms with van der Waals surface area (Å²) in [5, 5.41) is 8.88. The van der Waals surface area contributed by atoms with Crippen LogP contribution in [0.25, 0.3) is 0 Å². The van der Waals surface area contributed by atoms with E-state index in [4.69, 9.17) is 0 Å². The third-order valence-electron chi connectivity index (χ3n) is 3.71. The lowest BCUT2D eigenvalue weighted by atomic mass is 9.98. The molecule has 0 saturated carbocycles. The van der Waals surface area contributed by atoms with Crippen molar-refractivity contribution in [3.05, 3.63) is 58.3 Å². The van der Waals surface area contributed by atoms with Gasteiger partial charge in [-0.2, -0.15) is 0 Å². The zero-order valence-corrected chi connectivity index (χ0v) is 14.2. The summed E-state index contributed by atoms with van der Waals surface area (Å²) in [4.78, 5) is 5.68. The summed E-state index contributed by atoms with van der Waals surface area (Å²) in [6, 6.07) is 14.9. The second kappa shape index (κ2) is 9.26. The van der Waals surface area contributed by atoms with Crippen LogP contribution in [-0.2, 0) is 6.42 Å². The Morgan fingerprint density at radius 2 is 1.86 bits per heavy atom. The van der Waals surface area contributed by atoms with Crippen molar-refractivity contribution < 1.29 is 0 Å². The average molecular weight is 315 g/mol. The van der Waals surface area contributed by atoms with E-state index in [9.17, 15) is 0 Å². The number of nitrogens with one attached hydrogen (secondary N) is 2. The monoisotopic (exact) mass is 315 g/mol. The van der Waals surface area contributed by atoms with Gasteiger partial charge in [0.25, 0.3) is 0 Å². The second-order valence-electron chi connectivity index (χ2n) is 5.36. The Bertz CT molecular complexity index is 549. The van der Waals surface area contributed by atoms with Crippen LogP contribution in [0.3, 0.4) is 0 Å². The Labute approximate surface area is 137 Å². The van der Waals surface area contributed by atoms with Crippen LogP contribution in [0.2, 0.25) is 0 Å². The highest BCUT2D eigenvalue weighted by Crippen LogP contribution is 2.17. The van der Waals surface area contributed by atoms with Gasteiger partial charge in [-0.3, -0.25) is 4.99 Å². The number of hydrogen-bond donors (Lipinski definition) is 2. The standard InChI is InChI=1S/C18H25N3S/c1-15(16-7-4-3-5-8-16)10-12-20-18(19-2)21-13-11-17-9-6-14-22-17/h3-9,14-15H,10-13H2,1-2H3,(H2,19,20,21). The van der Waals surface area contributed by atoms with Gasteiger partial charge in [0.05, 0.1) is 0 Å². The van der Waals surface area contributed by atoms with Crippen LogP contribution in [0.15, 0.2) is 52.8 Å². The molecule has 2 rings (SSSR count).